The molecule has 21 heavy (non-hydrogen) atoms. The Morgan fingerprint density at radius 3 is 2.76 bits per heavy atom. The first kappa shape index (κ1) is 16.3. The predicted octanol–water partition coefficient (Wildman–Crippen LogP) is 4.07. The molecule has 0 saturated heterocycles. The summed E-state index contributed by atoms with van der Waals surface area (Å²) < 4.78 is 11.6. The summed E-state index contributed by atoms with van der Waals surface area (Å²) >= 11 is 0. The van der Waals surface area contributed by atoms with Gasteiger partial charge in [0.15, 0.2) is 0 Å². The lowest BCUT2D eigenvalue weighted by Gasteiger charge is -2.17. The molecule has 1 atom stereocenters. The van der Waals surface area contributed by atoms with Crippen molar-refractivity contribution in [1.82, 2.24) is 5.32 Å². The maximum absolute atomic E-state index is 5.85. The smallest absolute Gasteiger partial charge is 0.124 e. The minimum absolute atomic E-state index is 0.364. The van der Waals surface area contributed by atoms with Gasteiger partial charge in [0.25, 0.3) is 0 Å². The number of ether oxygens (including phenoxy) is 2. The molecule has 1 aliphatic carbocycles. The largest absolute Gasteiger partial charge is 0.494 e. The zero-order valence-electron chi connectivity index (χ0n) is 13.7. The van der Waals surface area contributed by atoms with Crippen LogP contribution in [0.4, 0.5) is 0 Å². The van der Waals surface area contributed by atoms with Gasteiger partial charge in [-0.2, -0.15) is 0 Å². The van der Waals surface area contributed by atoms with E-state index < -0.39 is 0 Å². The van der Waals surface area contributed by atoms with E-state index in [9.17, 15) is 0 Å². The minimum Gasteiger partial charge on any atom is -0.494 e. The molecule has 0 aliphatic heterocycles. The molecule has 0 heterocycles. The quantitative estimate of drug-likeness (QED) is 0.705. The van der Waals surface area contributed by atoms with Gasteiger partial charge in [-0.15, -0.1) is 0 Å². The second kappa shape index (κ2) is 8.40. The maximum Gasteiger partial charge on any atom is 0.124 e. The highest BCUT2D eigenvalue weighted by molar-refractivity contribution is 5.38. The molecule has 0 bridgehead atoms. The molecule has 2 rings (SSSR count). The summed E-state index contributed by atoms with van der Waals surface area (Å²) in [7, 11) is 0. The van der Waals surface area contributed by atoms with Crippen molar-refractivity contribution >= 4 is 0 Å². The first-order chi connectivity index (χ1) is 10.2. The van der Waals surface area contributed by atoms with Gasteiger partial charge in [-0.1, -0.05) is 13.0 Å². The molecule has 3 nitrogen and oxygen atoms in total. The Morgan fingerprint density at radius 2 is 2.10 bits per heavy atom. The van der Waals surface area contributed by atoms with Crippen molar-refractivity contribution in [3.63, 3.8) is 0 Å². The van der Waals surface area contributed by atoms with Gasteiger partial charge in [-0.3, -0.25) is 0 Å². The summed E-state index contributed by atoms with van der Waals surface area (Å²) in [6, 6.07) is 6.83. The van der Waals surface area contributed by atoms with E-state index in [1.807, 2.05) is 6.92 Å². The summed E-state index contributed by atoms with van der Waals surface area (Å²) in [5, 5.41) is 3.53. The van der Waals surface area contributed by atoms with E-state index in [0.717, 1.165) is 31.2 Å². The number of nitrogens with one attached hydrogen (secondary N) is 1. The van der Waals surface area contributed by atoms with E-state index in [1.165, 1.54) is 24.0 Å². The second-order valence-electron chi connectivity index (χ2n) is 5.93. The molecule has 1 N–H and O–H groups in total. The van der Waals surface area contributed by atoms with Gasteiger partial charge >= 0.3 is 0 Å². The lowest BCUT2D eigenvalue weighted by Crippen LogP contribution is -2.19. The van der Waals surface area contributed by atoms with Gasteiger partial charge in [0.2, 0.25) is 0 Å². The average Bonchev–Trinajstić information content (AvgIpc) is 3.30. The molecule has 1 fully saturated rings. The van der Waals surface area contributed by atoms with Crippen LogP contribution in [-0.4, -0.2) is 19.8 Å². The fourth-order valence-electron chi connectivity index (χ4n) is 2.38. The third-order valence-corrected chi connectivity index (χ3v) is 3.89. The van der Waals surface area contributed by atoms with Crippen molar-refractivity contribution in [2.45, 2.75) is 52.7 Å². The Hall–Kier alpha value is -1.06. The topological polar surface area (TPSA) is 30.5 Å². The van der Waals surface area contributed by atoms with Crippen LogP contribution >= 0.6 is 0 Å². The zero-order chi connectivity index (χ0) is 15.1. The lowest BCUT2D eigenvalue weighted by molar-refractivity contribution is 0.109. The van der Waals surface area contributed by atoms with E-state index in [1.54, 1.807) is 0 Å². The van der Waals surface area contributed by atoms with Gasteiger partial charge < -0.3 is 14.8 Å². The summed E-state index contributed by atoms with van der Waals surface area (Å²) in [5.74, 6) is 1.76. The highest BCUT2D eigenvalue weighted by atomic mass is 16.5. The van der Waals surface area contributed by atoms with Gasteiger partial charge in [0.1, 0.15) is 5.75 Å². The molecule has 0 radical (unpaired) electrons. The van der Waals surface area contributed by atoms with Gasteiger partial charge in [0, 0.05) is 18.2 Å². The van der Waals surface area contributed by atoms with Gasteiger partial charge in [-0.05, 0) is 63.3 Å². The maximum atomic E-state index is 5.85. The standard InChI is InChI=1S/C18H29NO2/c1-4-10-19-14(3)16-8-9-18(21-5-2)17(11-16)13-20-12-15-6-7-15/h8-9,11,14-15,19H,4-7,10,12-13H2,1-3H3. The molecule has 1 aromatic carbocycles. The van der Waals surface area contributed by atoms with E-state index in [2.05, 4.69) is 37.4 Å². The molecule has 3 heteroatoms. The number of rotatable bonds is 10. The van der Waals surface area contributed by atoms with Crippen LogP contribution in [-0.2, 0) is 11.3 Å². The molecule has 1 aromatic rings. The monoisotopic (exact) mass is 291 g/mol. The van der Waals surface area contributed by atoms with Crippen molar-refractivity contribution in [3.8, 4) is 5.75 Å². The van der Waals surface area contributed by atoms with Crippen molar-refractivity contribution in [1.29, 1.82) is 0 Å². The molecule has 1 aliphatic rings. The molecule has 1 unspecified atom stereocenters. The normalized spacial score (nSPS) is 16.0. The molecule has 0 amide bonds. The lowest BCUT2D eigenvalue weighted by atomic mass is 10.0. The first-order valence-corrected chi connectivity index (χ1v) is 8.31. The SMILES string of the molecule is CCCNC(C)c1ccc(OCC)c(COCC2CC2)c1. The predicted molar refractivity (Wildman–Crippen MR) is 86.7 cm³/mol. The Balaban J connectivity index is 2.00. The Kier molecular flexibility index (Phi) is 6.52. The fourth-order valence-corrected chi connectivity index (χ4v) is 2.38. The van der Waals surface area contributed by atoms with Crippen LogP contribution in [0.25, 0.3) is 0 Å². The molecule has 1 saturated carbocycles. The van der Waals surface area contributed by atoms with Crippen molar-refractivity contribution in [2.75, 3.05) is 19.8 Å². The van der Waals surface area contributed by atoms with Crippen molar-refractivity contribution < 1.29 is 9.47 Å². The minimum atomic E-state index is 0.364. The molecular formula is C18H29NO2. The van der Waals surface area contributed by atoms with Crippen LogP contribution in [0.2, 0.25) is 0 Å². The fraction of sp³-hybridized carbons (Fsp3) is 0.667. The molecular weight excluding hydrogens is 262 g/mol. The Morgan fingerprint density at radius 1 is 1.29 bits per heavy atom. The van der Waals surface area contributed by atoms with E-state index in [-0.39, 0.29) is 0 Å². The van der Waals surface area contributed by atoms with Gasteiger partial charge in [0.05, 0.1) is 13.2 Å². The number of hydrogen-bond acceptors (Lipinski definition) is 3. The van der Waals surface area contributed by atoms with Crippen LogP contribution in [0.3, 0.4) is 0 Å². The highest BCUT2D eigenvalue weighted by Gasteiger charge is 2.21. The zero-order valence-corrected chi connectivity index (χ0v) is 13.7. The van der Waals surface area contributed by atoms with Crippen molar-refractivity contribution in [2.24, 2.45) is 5.92 Å². The summed E-state index contributed by atoms with van der Waals surface area (Å²) in [5.41, 5.74) is 2.47. The molecule has 118 valence electrons. The van der Waals surface area contributed by atoms with Crippen LogP contribution in [0.1, 0.15) is 57.2 Å². The van der Waals surface area contributed by atoms with Gasteiger partial charge in [-0.25, -0.2) is 0 Å². The Labute approximate surface area is 129 Å². The molecule has 0 aromatic heterocycles. The highest BCUT2D eigenvalue weighted by Crippen LogP contribution is 2.30. The third kappa shape index (κ3) is 5.33. The Bertz CT molecular complexity index is 429. The van der Waals surface area contributed by atoms with Crippen LogP contribution in [0, 0.1) is 5.92 Å². The summed E-state index contributed by atoms with van der Waals surface area (Å²) in [6.07, 6.45) is 3.81. The molecule has 0 spiro atoms. The number of benzene rings is 1. The third-order valence-electron chi connectivity index (χ3n) is 3.89. The van der Waals surface area contributed by atoms with Crippen LogP contribution in [0.5, 0.6) is 5.75 Å². The summed E-state index contributed by atoms with van der Waals surface area (Å²) in [4.78, 5) is 0. The first-order valence-electron chi connectivity index (χ1n) is 8.31. The van der Waals surface area contributed by atoms with E-state index in [4.69, 9.17) is 9.47 Å². The van der Waals surface area contributed by atoms with E-state index >= 15 is 0 Å². The van der Waals surface area contributed by atoms with Crippen LogP contribution < -0.4 is 10.1 Å². The van der Waals surface area contributed by atoms with Crippen LogP contribution in [0.15, 0.2) is 18.2 Å². The number of hydrogen-bond donors (Lipinski definition) is 1. The average molecular weight is 291 g/mol. The van der Waals surface area contributed by atoms with E-state index in [0.29, 0.717) is 19.3 Å². The second-order valence-corrected chi connectivity index (χ2v) is 5.93. The van der Waals surface area contributed by atoms with Crippen molar-refractivity contribution in [3.05, 3.63) is 29.3 Å². The summed E-state index contributed by atoms with van der Waals surface area (Å²) in [6.45, 7) is 9.70.